The van der Waals surface area contributed by atoms with Crippen LogP contribution in [0.1, 0.15) is 20.3 Å². The Morgan fingerprint density at radius 2 is 2.22 bits per heavy atom. The van der Waals surface area contributed by atoms with E-state index in [1.54, 1.807) is 32.0 Å². The highest BCUT2D eigenvalue weighted by Crippen LogP contribution is 2.17. The van der Waals surface area contributed by atoms with Crippen LogP contribution in [0.3, 0.4) is 0 Å². The van der Waals surface area contributed by atoms with E-state index in [4.69, 9.17) is 10.2 Å². The van der Waals surface area contributed by atoms with Crippen molar-refractivity contribution in [3.8, 4) is 0 Å². The van der Waals surface area contributed by atoms with E-state index >= 15 is 0 Å². The molecule has 1 aromatic heterocycles. The summed E-state index contributed by atoms with van der Waals surface area (Å²) >= 11 is 0. The number of H-pyrrole nitrogens is 1. The highest BCUT2D eigenvalue weighted by molar-refractivity contribution is 5.93. The fourth-order valence-corrected chi connectivity index (χ4v) is 1.64. The molecule has 2 aromatic rings. The Hall–Kier alpha value is -2.08. The fourth-order valence-electron chi connectivity index (χ4n) is 1.64. The molecule has 18 heavy (non-hydrogen) atoms. The molecule has 0 atom stereocenters. The molecule has 0 saturated heterocycles. The van der Waals surface area contributed by atoms with Crippen LogP contribution in [0.5, 0.6) is 0 Å². The number of benzene rings is 1. The molecule has 0 aliphatic rings. The van der Waals surface area contributed by atoms with Crippen molar-refractivity contribution in [1.82, 2.24) is 4.98 Å². The van der Waals surface area contributed by atoms with Gasteiger partial charge in [0.05, 0.1) is 5.52 Å². The van der Waals surface area contributed by atoms with E-state index in [9.17, 15) is 9.59 Å². The van der Waals surface area contributed by atoms with Crippen molar-refractivity contribution in [3.63, 3.8) is 0 Å². The maximum Gasteiger partial charge on any atom is 0.417 e. The second-order valence-corrected chi connectivity index (χ2v) is 4.94. The Morgan fingerprint density at radius 3 is 2.89 bits per heavy atom. The van der Waals surface area contributed by atoms with Gasteiger partial charge < -0.3 is 15.5 Å². The number of hydrogen-bond acceptors (Lipinski definition) is 4. The number of aromatic nitrogens is 1. The number of nitrogens with two attached hydrogens (primary N) is 1. The van der Waals surface area contributed by atoms with Gasteiger partial charge in [0, 0.05) is 23.7 Å². The Labute approximate surface area is 103 Å². The quantitative estimate of drug-likeness (QED) is 0.760. The van der Waals surface area contributed by atoms with Gasteiger partial charge in [0.1, 0.15) is 0 Å². The lowest BCUT2D eigenvalue weighted by atomic mass is 10.0. The third kappa shape index (κ3) is 2.98. The molecule has 2 rings (SSSR count). The number of fused-ring (bicyclic) bond motifs is 1. The summed E-state index contributed by atoms with van der Waals surface area (Å²) in [5.74, 6) is -0.698. The number of amides is 1. The van der Waals surface area contributed by atoms with Crippen LogP contribution in [-0.2, 0) is 4.79 Å². The molecule has 0 spiro atoms. The monoisotopic (exact) mass is 249 g/mol. The summed E-state index contributed by atoms with van der Waals surface area (Å²) in [6, 6.07) is 4.95. The van der Waals surface area contributed by atoms with Crippen molar-refractivity contribution >= 4 is 22.7 Å². The van der Waals surface area contributed by atoms with Crippen molar-refractivity contribution in [3.05, 3.63) is 28.7 Å². The maximum absolute atomic E-state index is 11.7. The smallest absolute Gasteiger partial charge is 0.408 e. The van der Waals surface area contributed by atoms with Crippen molar-refractivity contribution in [2.45, 2.75) is 25.8 Å². The van der Waals surface area contributed by atoms with E-state index in [-0.39, 0.29) is 12.3 Å². The average molecular weight is 249 g/mol. The molecular formula is C12H15N3O3. The van der Waals surface area contributed by atoms with Gasteiger partial charge in [-0.05, 0) is 26.0 Å². The van der Waals surface area contributed by atoms with E-state index in [0.717, 1.165) is 0 Å². The summed E-state index contributed by atoms with van der Waals surface area (Å²) in [6.45, 7) is 3.56. The number of rotatable bonds is 3. The largest absolute Gasteiger partial charge is 0.417 e. The Balaban J connectivity index is 2.17. The Bertz CT molecular complexity index is 634. The molecule has 1 aromatic carbocycles. The fraction of sp³-hybridized carbons (Fsp3) is 0.333. The van der Waals surface area contributed by atoms with E-state index in [1.807, 2.05) is 0 Å². The summed E-state index contributed by atoms with van der Waals surface area (Å²) < 4.78 is 4.90. The number of nitrogens with one attached hydrogen (secondary N) is 2. The van der Waals surface area contributed by atoms with Crippen LogP contribution < -0.4 is 16.8 Å². The molecule has 0 unspecified atom stereocenters. The molecule has 1 heterocycles. The first-order valence-corrected chi connectivity index (χ1v) is 5.55. The molecule has 6 heteroatoms. The van der Waals surface area contributed by atoms with Gasteiger partial charge in [0.2, 0.25) is 5.91 Å². The maximum atomic E-state index is 11.7. The predicted molar refractivity (Wildman–Crippen MR) is 68.3 cm³/mol. The Morgan fingerprint density at radius 1 is 1.50 bits per heavy atom. The first-order valence-electron chi connectivity index (χ1n) is 5.55. The van der Waals surface area contributed by atoms with Crippen molar-refractivity contribution in [1.29, 1.82) is 0 Å². The summed E-state index contributed by atoms with van der Waals surface area (Å²) in [7, 11) is 0. The van der Waals surface area contributed by atoms with Crippen LogP contribution in [-0.4, -0.2) is 16.4 Å². The van der Waals surface area contributed by atoms with Gasteiger partial charge in [-0.2, -0.15) is 0 Å². The van der Waals surface area contributed by atoms with Gasteiger partial charge >= 0.3 is 5.76 Å². The second kappa shape index (κ2) is 4.30. The molecule has 4 N–H and O–H groups in total. The zero-order chi connectivity index (χ0) is 13.3. The predicted octanol–water partition coefficient (Wildman–Crippen LogP) is 1.19. The molecule has 0 bridgehead atoms. The van der Waals surface area contributed by atoms with E-state index < -0.39 is 11.3 Å². The van der Waals surface area contributed by atoms with E-state index in [1.165, 1.54) is 0 Å². The lowest BCUT2D eigenvalue weighted by Gasteiger charge is -2.17. The number of aromatic amines is 1. The minimum absolute atomic E-state index is 0.181. The third-order valence-corrected chi connectivity index (χ3v) is 2.32. The van der Waals surface area contributed by atoms with Crippen LogP contribution >= 0.6 is 0 Å². The van der Waals surface area contributed by atoms with Gasteiger partial charge in [-0.1, -0.05) is 0 Å². The molecule has 1 amide bonds. The third-order valence-electron chi connectivity index (χ3n) is 2.32. The van der Waals surface area contributed by atoms with Crippen LogP contribution in [0.4, 0.5) is 5.69 Å². The minimum Gasteiger partial charge on any atom is -0.408 e. The number of carbonyl (C=O) groups is 1. The zero-order valence-corrected chi connectivity index (χ0v) is 10.2. The number of oxazole rings is 1. The highest BCUT2D eigenvalue weighted by Gasteiger charge is 2.16. The average Bonchev–Trinajstić information content (AvgIpc) is 2.53. The Kier molecular flexibility index (Phi) is 2.96. The summed E-state index contributed by atoms with van der Waals surface area (Å²) in [6.07, 6.45) is 0.210. The summed E-state index contributed by atoms with van der Waals surface area (Å²) in [5.41, 5.74) is 6.77. The zero-order valence-electron chi connectivity index (χ0n) is 10.2. The molecule has 0 saturated carbocycles. The lowest BCUT2D eigenvalue weighted by Crippen LogP contribution is -2.36. The van der Waals surface area contributed by atoms with Gasteiger partial charge in [-0.25, -0.2) is 4.79 Å². The molecule has 0 aliphatic carbocycles. The molecule has 0 aliphatic heterocycles. The van der Waals surface area contributed by atoms with Gasteiger partial charge in [-0.3, -0.25) is 9.78 Å². The van der Waals surface area contributed by atoms with Crippen LogP contribution in [0.25, 0.3) is 11.1 Å². The van der Waals surface area contributed by atoms with E-state index in [2.05, 4.69) is 10.3 Å². The lowest BCUT2D eigenvalue weighted by molar-refractivity contribution is -0.117. The number of hydrogen-bond donors (Lipinski definition) is 3. The van der Waals surface area contributed by atoms with Crippen molar-refractivity contribution in [2.24, 2.45) is 5.73 Å². The summed E-state index contributed by atoms with van der Waals surface area (Å²) in [5, 5.41) is 2.70. The molecular weight excluding hydrogens is 234 g/mol. The van der Waals surface area contributed by atoms with E-state index in [0.29, 0.717) is 16.8 Å². The molecule has 6 nitrogen and oxygen atoms in total. The molecule has 0 radical (unpaired) electrons. The van der Waals surface area contributed by atoms with Crippen molar-refractivity contribution in [2.75, 3.05) is 5.32 Å². The van der Waals surface area contributed by atoms with Crippen molar-refractivity contribution < 1.29 is 9.21 Å². The normalized spacial score (nSPS) is 11.7. The van der Waals surface area contributed by atoms with Gasteiger partial charge in [0.25, 0.3) is 0 Å². The number of anilines is 1. The van der Waals surface area contributed by atoms with Crippen LogP contribution in [0, 0.1) is 0 Å². The topological polar surface area (TPSA) is 101 Å². The molecule has 0 fully saturated rings. The highest BCUT2D eigenvalue weighted by atomic mass is 16.4. The SMILES string of the molecule is CC(C)(N)CC(=O)Nc1ccc2[nH]c(=O)oc2c1. The van der Waals surface area contributed by atoms with Gasteiger partial charge in [-0.15, -0.1) is 0 Å². The first-order chi connectivity index (χ1) is 8.33. The second-order valence-electron chi connectivity index (χ2n) is 4.94. The van der Waals surface area contributed by atoms with Crippen LogP contribution in [0.2, 0.25) is 0 Å². The molecule has 96 valence electrons. The van der Waals surface area contributed by atoms with Gasteiger partial charge in [0.15, 0.2) is 5.58 Å². The minimum atomic E-state index is -0.561. The van der Waals surface area contributed by atoms with Crippen LogP contribution in [0.15, 0.2) is 27.4 Å². The first kappa shape index (κ1) is 12.4. The summed E-state index contributed by atoms with van der Waals surface area (Å²) in [4.78, 5) is 25.2. The standard InChI is InChI=1S/C12H15N3O3/c1-12(2,13)6-10(16)14-7-3-4-8-9(5-7)18-11(17)15-8/h3-5H,6,13H2,1-2H3,(H,14,16)(H,15,17). The number of carbonyl (C=O) groups excluding carboxylic acids is 1.